The summed E-state index contributed by atoms with van der Waals surface area (Å²) >= 11 is 0. The van der Waals surface area contributed by atoms with Crippen molar-refractivity contribution in [2.24, 2.45) is 0 Å². The van der Waals surface area contributed by atoms with Crippen LogP contribution in [-0.4, -0.2) is 56.1 Å². The van der Waals surface area contributed by atoms with Gasteiger partial charge in [0.15, 0.2) is 11.4 Å². The number of hydrogen-bond acceptors (Lipinski definition) is 5. The molecule has 3 aliphatic rings. The number of aromatic nitrogens is 1. The molecule has 0 aliphatic carbocycles. The van der Waals surface area contributed by atoms with Gasteiger partial charge in [-0.15, -0.1) is 0 Å². The van der Waals surface area contributed by atoms with E-state index in [0.717, 1.165) is 25.8 Å². The Morgan fingerprint density at radius 2 is 1.97 bits per heavy atom. The Balaban J connectivity index is 1.45. The number of nitrogens with one attached hydrogen (secondary N) is 1. The van der Waals surface area contributed by atoms with Crippen molar-refractivity contribution >= 4 is 11.8 Å². The molecule has 2 amide bonds. The van der Waals surface area contributed by atoms with Gasteiger partial charge >= 0.3 is 0 Å². The number of benzene rings is 1. The first kappa shape index (κ1) is 20.7. The van der Waals surface area contributed by atoms with Crippen LogP contribution in [0, 0.1) is 5.82 Å². The van der Waals surface area contributed by atoms with Gasteiger partial charge in [-0.3, -0.25) is 19.3 Å². The predicted octanol–water partition coefficient (Wildman–Crippen LogP) is 1.66. The molecular weight excluding hydrogens is 415 g/mol. The molecule has 2 fully saturated rings. The van der Waals surface area contributed by atoms with Gasteiger partial charge in [0.2, 0.25) is 5.43 Å². The lowest BCUT2D eigenvalue weighted by Crippen LogP contribution is -2.65. The third-order valence-corrected chi connectivity index (χ3v) is 7.11. The quantitative estimate of drug-likeness (QED) is 0.757. The molecule has 4 heterocycles. The zero-order valence-corrected chi connectivity index (χ0v) is 17.8. The van der Waals surface area contributed by atoms with Gasteiger partial charge in [-0.05, 0) is 43.9 Å². The van der Waals surface area contributed by atoms with Gasteiger partial charge in [0, 0.05) is 31.4 Å². The predicted molar refractivity (Wildman–Crippen MR) is 114 cm³/mol. The lowest BCUT2D eigenvalue weighted by molar-refractivity contribution is -0.0554. The Bertz CT molecular complexity index is 1160. The fourth-order valence-corrected chi connectivity index (χ4v) is 5.31. The Labute approximate surface area is 184 Å². The second-order valence-corrected chi connectivity index (χ2v) is 9.05. The monoisotopic (exact) mass is 440 g/mol. The molecule has 3 aliphatic heterocycles. The summed E-state index contributed by atoms with van der Waals surface area (Å²) in [7, 11) is 0. The average molecular weight is 440 g/mol. The number of rotatable bonds is 3. The van der Waals surface area contributed by atoms with E-state index < -0.39 is 17.1 Å². The van der Waals surface area contributed by atoms with Crippen LogP contribution >= 0.6 is 0 Å². The Kier molecular flexibility index (Phi) is 4.81. The number of fused-ring (bicyclic) bond motifs is 4. The van der Waals surface area contributed by atoms with Crippen LogP contribution in [0.15, 0.2) is 35.3 Å². The van der Waals surface area contributed by atoms with Crippen LogP contribution in [0.5, 0.6) is 5.75 Å². The summed E-state index contributed by atoms with van der Waals surface area (Å²) in [5, 5.41) is 13.2. The maximum atomic E-state index is 13.2. The average Bonchev–Trinajstić information content (AvgIpc) is 3.17. The first-order valence-electron chi connectivity index (χ1n) is 10.9. The van der Waals surface area contributed by atoms with Crippen LogP contribution in [0.4, 0.5) is 4.39 Å². The van der Waals surface area contributed by atoms with Gasteiger partial charge < -0.3 is 19.9 Å². The summed E-state index contributed by atoms with van der Waals surface area (Å²) in [6, 6.07) is 5.65. The molecule has 2 atom stereocenters. The normalized spacial score (nSPS) is 24.6. The number of halogens is 1. The molecule has 168 valence electrons. The molecule has 9 heteroatoms. The molecule has 0 spiro atoms. The van der Waals surface area contributed by atoms with Crippen molar-refractivity contribution in [3.63, 3.8) is 0 Å². The molecule has 1 aromatic carbocycles. The maximum absolute atomic E-state index is 13.2. The Morgan fingerprint density at radius 1 is 1.22 bits per heavy atom. The lowest BCUT2D eigenvalue weighted by atomic mass is 9.90. The Hall–Kier alpha value is -3.20. The molecule has 0 saturated carbocycles. The van der Waals surface area contributed by atoms with E-state index in [-0.39, 0.29) is 41.2 Å². The third kappa shape index (κ3) is 3.19. The molecule has 2 N–H and O–H groups in total. The molecular formula is C23H25FN4O4. The van der Waals surface area contributed by atoms with E-state index in [0.29, 0.717) is 18.7 Å². The van der Waals surface area contributed by atoms with Gasteiger partial charge in [-0.2, -0.15) is 0 Å². The zero-order valence-electron chi connectivity index (χ0n) is 17.8. The third-order valence-electron chi connectivity index (χ3n) is 7.11. The fraction of sp³-hybridized carbons (Fsp3) is 0.435. The highest BCUT2D eigenvalue weighted by Crippen LogP contribution is 2.41. The summed E-state index contributed by atoms with van der Waals surface area (Å²) in [6.07, 6.45) is 4.19. The summed E-state index contributed by atoms with van der Waals surface area (Å²) in [5.41, 5.74) is -0.458. The first-order valence-corrected chi connectivity index (χ1v) is 10.9. The van der Waals surface area contributed by atoms with Crippen molar-refractivity contribution in [3.8, 4) is 5.75 Å². The number of carbonyl (C=O) groups is 2. The summed E-state index contributed by atoms with van der Waals surface area (Å²) in [5.74, 6) is -2.12. The van der Waals surface area contributed by atoms with E-state index in [2.05, 4.69) is 17.1 Å². The number of amides is 2. The van der Waals surface area contributed by atoms with Crippen LogP contribution < -0.4 is 10.7 Å². The van der Waals surface area contributed by atoms with Crippen LogP contribution in [0.1, 0.15) is 52.6 Å². The van der Waals surface area contributed by atoms with E-state index >= 15 is 0 Å². The molecule has 0 bridgehead atoms. The lowest BCUT2D eigenvalue weighted by Gasteiger charge is -2.53. The van der Waals surface area contributed by atoms with Gasteiger partial charge in [0.05, 0.1) is 6.54 Å². The molecule has 0 radical (unpaired) electrons. The largest absolute Gasteiger partial charge is 0.503 e. The van der Waals surface area contributed by atoms with E-state index in [1.165, 1.54) is 35.0 Å². The molecule has 2 saturated heterocycles. The smallest absolute Gasteiger partial charge is 0.275 e. The standard InChI is InChI=1S/C23H25FN4O4/c1-23-7-2-9-28(23)17-13-26-12-16(21(31)25-11-14-3-5-15(24)6-4-14)19(29)20(30)18(26)22(32)27(17)10-8-23/h3-6,12,17,30H,2,7-11,13H2,1H3,(H,25,31)/t17-,23+/m1/s1. The van der Waals surface area contributed by atoms with Gasteiger partial charge in [-0.1, -0.05) is 12.1 Å². The van der Waals surface area contributed by atoms with Gasteiger partial charge in [0.1, 0.15) is 17.5 Å². The van der Waals surface area contributed by atoms with Crippen molar-refractivity contribution in [3.05, 3.63) is 63.3 Å². The zero-order chi connectivity index (χ0) is 22.6. The van der Waals surface area contributed by atoms with Crippen molar-refractivity contribution in [1.82, 2.24) is 19.7 Å². The van der Waals surface area contributed by atoms with Crippen LogP contribution in [-0.2, 0) is 13.1 Å². The van der Waals surface area contributed by atoms with Crippen molar-refractivity contribution in [2.45, 2.75) is 51.0 Å². The number of pyridine rings is 1. The molecule has 5 rings (SSSR count). The highest BCUT2D eigenvalue weighted by molar-refractivity contribution is 5.99. The topological polar surface area (TPSA) is 94.9 Å². The maximum Gasteiger partial charge on any atom is 0.275 e. The minimum absolute atomic E-state index is 0.0371. The fourth-order valence-electron chi connectivity index (χ4n) is 5.31. The van der Waals surface area contributed by atoms with E-state index in [1.807, 2.05) is 0 Å². The van der Waals surface area contributed by atoms with E-state index in [9.17, 15) is 23.9 Å². The van der Waals surface area contributed by atoms with Crippen molar-refractivity contribution < 1.29 is 19.1 Å². The number of nitrogens with zero attached hydrogens (tertiary/aromatic N) is 3. The van der Waals surface area contributed by atoms with Gasteiger partial charge in [-0.25, -0.2) is 4.39 Å². The minimum atomic E-state index is -0.873. The highest BCUT2D eigenvalue weighted by atomic mass is 19.1. The second-order valence-electron chi connectivity index (χ2n) is 9.05. The highest BCUT2D eigenvalue weighted by Gasteiger charge is 2.50. The number of carbonyl (C=O) groups excluding carboxylic acids is 2. The summed E-state index contributed by atoms with van der Waals surface area (Å²) in [6.45, 7) is 4.15. The molecule has 2 aromatic rings. The van der Waals surface area contributed by atoms with Crippen LogP contribution in [0.2, 0.25) is 0 Å². The van der Waals surface area contributed by atoms with E-state index in [1.54, 1.807) is 4.90 Å². The number of aromatic hydroxyl groups is 1. The van der Waals surface area contributed by atoms with Crippen molar-refractivity contribution in [1.29, 1.82) is 0 Å². The van der Waals surface area contributed by atoms with Crippen molar-refractivity contribution in [2.75, 3.05) is 13.1 Å². The molecule has 0 unspecified atom stereocenters. The van der Waals surface area contributed by atoms with Gasteiger partial charge in [0.25, 0.3) is 11.8 Å². The van der Waals surface area contributed by atoms with Crippen LogP contribution in [0.3, 0.4) is 0 Å². The molecule has 8 nitrogen and oxygen atoms in total. The first-order chi connectivity index (χ1) is 15.3. The SMILES string of the molecule is C[C@@]12CCCN1[C@@H]1Cn3cc(C(=O)NCc4ccc(F)cc4)c(=O)c(O)c3C(=O)N1CC2. The van der Waals surface area contributed by atoms with E-state index in [4.69, 9.17) is 0 Å². The van der Waals surface area contributed by atoms with Crippen LogP contribution in [0.25, 0.3) is 0 Å². The summed E-state index contributed by atoms with van der Waals surface area (Å²) in [4.78, 5) is 42.7. The number of hydrogen-bond donors (Lipinski definition) is 2. The molecule has 32 heavy (non-hydrogen) atoms. The molecule has 1 aromatic heterocycles. The second kappa shape index (κ2) is 7.44. The summed E-state index contributed by atoms with van der Waals surface area (Å²) < 4.78 is 14.6. The Morgan fingerprint density at radius 3 is 2.72 bits per heavy atom. The minimum Gasteiger partial charge on any atom is -0.503 e.